The lowest BCUT2D eigenvalue weighted by Gasteiger charge is -2.09. The van der Waals surface area contributed by atoms with E-state index in [1.807, 2.05) is 0 Å². The van der Waals surface area contributed by atoms with Crippen LogP contribution in [-0.2, 0) is 0 Å². The molecule has 0 unspecified atom stereocenters. The number of hydrogen-bond acceptors (Lipinski definition) is 2. The Kier molecular flexibility index (Phi) is 4.87. The molecule has 0 heterocycles. The van der Waals surface area contributed by atoms with Crippen molar-refractivity contribution in [2.45, 2.75) is 12.8 Å². The van der Waals surface area contributed by atoms with Gasteiger partial charge in [0.05, 0.1) is 5.56 Å². The van der Waals surface area contributed by atoms with Crippen molar-refractivity contribution in [3.63, 3.8) is 0 Å². The lowest BCUT2D eigenvalue weighted by atomic mass is 10.1. The number of unbranched alkanes of at least 4 members (excludes halogenated alkanes) is 1. The molecule has 1 aromatic rings. The lowest BCUT2D eigenvalue weighted by Crippen LogP contribution is -2.07. The van der Waals surface area contributed by atoms with Gasteiger partial charge < -0.3 is 10.4 Å². The van der Waals surface area contributed by atoms with Gasteiger partial charge in [-0.1, -0.05) is 15.9 Å². The molecule has 1 aromatic carbocycles. The summed E-state index contributed by atoms with van der Waals surface area (Å²) in [5.74, 6) is 1.60. The molecule has 4 heteroatoms. The fourth-order valence-corrected chi connectivity index (χ4v) is 1.62. The molecule has 3 nitrogen and oxygen atoms in total. The molecule has 0 aliphatic rings. The Hall–Kier alpha value is -1.47. The van der Waals surface area contributed by atoms with Gasteiger partial charge in [0.25, 0.3) is 0 Å². The van der Waals surface area contributed by atoms with Crippen LogP contribution in [0.5, 0.6) is 0 Å². The molecule has 1 rings (SSSR count). The molecule has 0 aliphatic carbocycles. The van der Waals surface area contributed by atoms with Crippen molar-refractivity contribution >= 4 is 27.6 Å². The van der Waals surface area contributed by atoms with Crippen molar-refractivity contribution in [1.82, 2.24) is 0 Å². The van der Waals surface area contributed by atoms with Gasteiger partial charge in [-0.3, -0.25) is 0 Å². The number of rotatable bonds is 5. The van der Waals surface area contributed by atoms with E-state index in [0.717, 1.165) is 10.9 Å². The normalized spacial score (nSPS) is 9.50. The molecule has 2 N–H and O–H groups in total. The quantitative estimate of drug-likeness (QED) is 0.644. The summed E-state index contributed by atoms with van der Waals surface area (Å²) in [7, 11) is 0. The highest BCUT2D eigenvalue weighted by Crippen LogP contribution is 2.21. The Morgan fingerprint density at radius 3 is 2.94 bits per heavy atom. The van der Waals surface area contributed by atoms with Crippen LogP contribution in [0.4, 0.5) is 5.69 Å². The first-order valence-electron chi connectivity index (χ1n) is 4.85. The van der Waals surface area contributed by atoms with Gasteiger partial charge in [0.1, 0.15) is 0 Å². The molecule has 0 atom stereocenters. The first-order valence-corrected chi connectivity index (χ1v) is 5.64. The summed E-state index contributed by atoms with van der Waals surface area (Å²) in [6.07, 6.45) is 6.64. The number of nitrogens with one attached hydrogen (secondary N) is 1. The van der Waals surface area contributed by atoms with E-state index in [1.165, 1.54) is 0 Å². The van der Waals surface area contributed by atoms with E-state index in [0.29, 0.717) is 18.7 Å². The fraction of sp³-hybridized carbons (Fsp3) is 0.250. The third-order valence-corrected chi connectivity index (χ3v) is 2.52. The summed E-state index contributed by atoms with van der Waals surface area (Å²) >= 11 is 3.30. The third-order valence-electron chi connectivity index (χ3n) is 2.03. The summed E-state index contributed by atoms with van der Waals surface area (Å²) in [4.78, 5) is 10.9. The predicted octanol–water partition coefficient (Wildman–Crippen LogP) is 2.97. The molecular weight excluding hydrogens is 270 g/mol. The second kappa shape index (κ2) is 6.19. The van der Waals surface area contributed by atoms with Crippen LogP contribution in [0.3, 0.4) is 0 Å². The van der Waals surface area contributed by atoms with Crippen LogP contribution in [0.25, 0.3) is 0 Å². The van der Waals surface area contributed by atoms with Crippen LogP contribution in [0.15, 0.2) is 22.7 Å². The van der Waals surface area contributed by atoms with E-state index in [4.69, 9.17) is 11.5 Å². The van der Waals surface area contributed by atoms with Crippen LogP contribution >= 0.6 is 15.9 Å². The maximum Gasteiger partial charge on any atom is 0.337 e. The first-order chi connectivity index (χ1) is 7.65. The van der Waals surface area contributed by atoms with Crippen molar-refractivity contribution in [3.05, 3.63) is 28.2 Å². The van der Waals surface area contributed by atoms with Crippen molar-refractivity contribution in [2.24, 2.45) is 0 Å². The Balaban J connectivity index is 2.73. The second-order valence-corrected chi connectivity index (χ2v) is 4.15. The smallest absolute Gasteiger partial charge is 0.337 e. The van der Waals surface area contributed by atoms with Crippen LogP contribution < -0.4 is 5.32 Å². The zero-order valence-corrected chi connectivity index (χ0v) is 10.3. The number of terminal acetylenes is 1. The SMILES string of the molecule is C#CCCCNc1cc(Br)ccc1C(=O)O. The van der Waals surface area contributed by atoms with E-state index in [1.54, 1.807) is 18.2 Å². The van der Waals surface area contributed by atoms with E-state index in [2.05, 4.69) is 27.2 Å². The number of aromatic carboxylic acids is 1. The van der Waals surface area contributed by atoms with Gasteiger partial charge in [-0.15, -0.1) is 12.3 Å². The Morgan fingerprint density at radius 2 is 2.31 bits per heavy atom. The van der Waals surface area contributed by atoms with Gasteiger partial charge in [-0.2, -0.15) is 0 Å². The molecule has 0 radical (unpaired) electrons. The maximum atomic E-state index is 10.9. The van der Waals surface area contributed by atoms with Crippen molar-refractivity contribution in [3.8, 4) is 12.3 Å². The highest BCUT2D eigenvalue weighted by Gasteiger charge is 2.09. The van der Waals surface area contributed by atoms with Crippen molar-refractivity contribution in [2.75, 3.05) is 11.9 Å². The van der Waals surface area contributed by atoms with Gasteiger partial charge in [0.2, 0.25) is 0 Å². The molecule has 16 heavy (non-hydrogen) atoms. The van der Waals surface area contributed by atoms with Crippen LogP contribution in [0, 0.1) is 12.3 Å². The van der Waals surface area contributed by atoms with Crippen molar-refractivity contribution < 1.29 is 9.90 Å². The van der Waals surface area contributed by atoms with Gasteiger partial charge >= 0.3 is 5.97 Å². The molecule has 0 bridgehead atoms. The van der Waals surface area contributed by atoms with E-state index in [-0.39, 0.29) is 5.56 Å². The van der Waals surface area contributed by atoms with E-state index >= 15 is 0 Å². The minimum atomic E-state index is -0.938. The average Bonchev–Trinajstić information content (AvgIpc) is 2.24. The number of benzene rings is 1. The molecule has 0 aromatic heterocycles. The highest BCUT2D eigenvalue weighted by atomic mass is 79.9. The summed E-state index contributed by atoms with van der Waals surface area (Å²) in [6.45, 7) is 0.668. The zero-order valence-electron chi connectivity index (χ0n) is 8.66. The van der Waals surface area contributed by atoms with E-state index in [9.17, 15) is 4.79 Å². The fourth-order valence-electron chi connectivity index (χ4n) is 1.26. The third kappa shape index (κ3) is 3.59. The number of hydrogen-bond donors (Lipinski definition) is 2. The Bertz CT molecular complexity index is 424. The topological polar surface area (TPSA) is 49.3 Å². The molecule has 0 aliphatic heterocycles. The Morgan fingerprint density at radius 1 is 1.56 bits per heavy atom. The van der Waals surface area contributed by atoms with Crippen LogP contribution in [0.1, 0.15) is 23.2 Å². The van der Waals surface area contributed by atoms with Crippen LogP contribution in [0.2, 0.25) is 0 Å². The minimum absolute atomic E-state index is 0.268. The summed E-state index contributed by atoms with van der Waals surface area (Å²) < 4.78 is 0.844. The molecule has 0 amide bonds. The highest BCUT2D eigenvalue weighted by molar-refractivity contribution is 9.10. The number of carboxylic acid groups (broad SMARTS) is 1. The monoisotopic (exact) mass is 281 g/mol. The molecule has 0 spiro atoms. The largest absolute Gasteiger partial charge is 0.478 e. The summed E-state index contributed by atoms with van der Waals surface area (Å²) in [6, 6.07) is 5.02. The first kappa shape index (κ1) is 12.6. The number of carbonyl (C=O) groups is 1. The lowest BCUT2D eigenvalue weighted by molar-refractivity contribution is 0.0698. The Labute approximate surface area is 103 Å². The summed E-state index contributed by atoms with van der Waals surface area (Å²) in [5.41, 5.74) is 0.878. The van der Waals surface area contributed by atoms with Gasteiger partial charge in [-0.25, -0.2) is 4.79 Å². The van der Waals surface area contributed by atoms with Gasteiger partial charge in [0.15, 0.2) is 0 Å². The standard InChI is InChI=1S/C12H12BrNO2/c1-2-3-4-7-14-11-8-9(13)5-6-10(11)12(15)16/h1,5-6,8,14H,3-4,7H2,(H,15,16). The minimum Gasteiger partial charge on any atom is -0.478 e. The maximum absolute atomic E-state index is 10.9. The summed E-state index contributed by atoms with van der Waals surface area (Å²) in [5, 5.41) is 12.0. The number of anilines is 1. The number of halogens is 1. The second-order valence-electron chi connectivity index (χ2n) is 3.23. The molecule has 0 saturated carbocycles. The van der Waals surface area contributed by atoms with E-state index < -0.39 is 5.97 Å². The zero-order chi connectivity index (χ0) is 12.0. The predicted molar refractivity (Wildman–Crippen MR) is 67.7 cm³/mol. The van der Waals surface area contributed by atoms with Gasteiger partial charge in [-0.05, 0) is 24.6 Å². The molecular formula is C12H12BrNO2. The van der Waals surface area contributed by atoms with Crippen molar-refractivity contribution in [1.29, 1.82) is 0 Å². The average molecular weight is 282 g/mol. The molecule has 84 valence electrons. The molecule has 0 saturated heterocycles. The molecule has 0 fully saturated rings. The van der Waals surface area contributed by atoms with Crippen LogP contribution in [-0.4, -0.2) is 17.6 Å². The van der Waals surface area contributed by atoms with Gasteiger partial charge in [0, 0.05) is 23.1 Å². The number of carboxylic acids is 1.